The van der Waals surface area contributed by atoms with E-state index in [0.717, 1.165) is 16.9 Å². The van der Waals surface area contributed by atoms with E-state index in [1.54, 1.807) is 19.1 Å². The number of carbonyl (C=O) groups is 1. The van der Waals surface area contributed by atoms with E-state index < -0.39 is 0 Å². The van der Waals surface area contributed by atoms with Gasteiger partial charge in [0.2, 0.25) is 0 Å². The molecule has 0 aliphatic carbocycles. The van der Waals surface area contributed by atoms with Crippen LogP contribution in [0.4, 0.5) is 23.0 Å². The molecule has 0 spiro atoms. The maximum atomic E-state index is 11.3. The molecule has 1 heterocycles. The van der Waals surface area contributed by atoms with E-state index in [9.17, 15) is 4.79 Å². The van der Waals surface area contributed by atoms with E-state index in [1.807, 2.05) is 24.3 Å². The smallest absolute Gasteiger partial charge is 0.159 e. The summed E-state index contributed by atoms with van der Waals surface area (Å²) in [5, 5.41) is 6.53. The topological polar surface area (TPSA) is 66.9 Å². The van der Waals surface area contributed by atoms with Crippen LogP contribution in [0.5, 0.6) is 0 Å². The van der Waals surface area contributed by atoms with Gasteiger partial charge >= 0.3 is 0 Å². The first kappa shape index (κ1) is 16.6. The van der Waals surface area contributed by atoms with Crippen molar-refractivity contribution in [1.82, 2.24) is 9.97 Å². The van der Waals surface area contributed by atoms with E-state index >= 15 is 0 Å². The average molecular weight is 332 g/mol. The maximum Gasteiger partial charge on any atom is 0.159 e. The molecule has 5 heteroatoms. The van der Waals surface area contributed by atoms with Crippen LogP contribution in [0.25, 0.3) is 0 Å². The summed E-state index contributed by atoms with van der Waals surface area (Å²) in [5.74, 6) is 1.44. The summed E-state index contributed by atoms with van der Waals surface area (Å²) in [5.41, 5.74) is 4.95. The lowest BCUT2D eigenvalue weighted by atomic mass is 10.1. The van der Waals surface area contributed by atoms with Gasteiger partial charge in [0.05, 0.1) is 0 Å². The van der Waals surface area contributed by atoms with E-state index in [0.29, 0.717) is 17.2 Å². The van der Waals surface area contributed by atoms with E-state index in [-0.39, 0.29) is 5.78 Å². The second kappa shape index (κ2) is 7.13. The minimum atomic E-state index is 0.0496. The van der Waals surface area contributed by atoms with Crippen molar-refractivity contribution >= 4 is 28.8 Å². The van der Waals surface area contributed by atoms with Crippen molar-refractivity contribution < 1.29 is 4.79 Å². The lowest BCUT2D eigenvalue weighted by Gasteiger charge is -2.11. The summed E-state index contributed by atoms with van der Waals surface area (Å²) in [4.78, 5) is 19.8. The molecule has 3 rings (SSSR count). The van der Waals surface area contributed by atoms with Gasteiger partial charge in [-0.3, -0.25) is 4.79 Å². The third kappa shape index (κ3) is 4.20. The highest BCUT2D eigenvalue weighted by Crippen LogP contribution is 2.22. The van der Waals surface area contributed by atoms with Crippen LogP contribution in [0.2, 0.25) is 0 Å². The van der Waals surface area contributed by atoms with E-state index in [1.165, 1.54) is 11.9 Å². The summed E-state index contributed by atoms with van der Waals surface area (Å²) >= 11 is 0. The summed E-state index contributed by atoms with van der Waals surface area (Å²) in [6.45, 7) is 5.69. The van der Waals surface area contributed by atoms with Gasteiger partial charge in [-0.25, -0.2) is 9.97 Å². The van der Waals surface area contributed by atoms with Crippen molar-refractivity contribution in [3.8, 4) is 0 Å². The van der Waals surface area contributed by atoms with Gasteiger partial charge < -0.3 is 10.6 Å². The largest absolute Gasteiger partial charge is 0.340 e. The number of nitrogens with one attached hydrogen (secondary N) is 2. The first-order valence-corrected chi connectivity index (χ1v) is 8.05. The predicted molar refractivity (Wildman–Crippen MR) is 101 cm³/mol. The van der Waals surface area contributed by atoms with Crippen LogP contribution in [-0.2, 0) is 0 Å². The van der Waals surface area contributed by atoms with Crippen LogP contribution in [0.3, 0.4) is 0 Å². The minimum Gasteiger partial charge on any atom is -0.340 e. The molecule has 0 aliphatic heterocycles. The molecule has 0 bridgehead atoms. The molecule has 1 aromatic heterocycles. The number of hydrogen-bond acceptors (Lipinski definition) is 5. The highest BCUT2D eigenvalue weighted by Gasteiger charge is 2.04. The Labute approximate surface area is 147 Å². The standard InChI is InChI=1S/C20H20N4O/c1-13-4-9-18(14(2)10-13)24-20-11-19(21-12-22-20)23-17-7-5-16(6-8-17)15(3)25/h4-12H,1-3H3,(H2,21,22,23,24). The van der Waals surface area contributed by atoms with Gasteiger partial charge in [0.1, 0.15) is 18.0 Å². The Balaban J connectivity index is 1.76. The number of aromatic nitrogens is 2. The Hall–Kier alpha value is -3.21. The number of rotatable bonds is 5. The van der Waals surface area contributed by atoms with Crippen molar-refractivity contribution in [2.45, 2.75) is 20.8 Å². The highest BCUT2D eigenvalue weighted by molar-refractivity contribution is 5.94. The second-order valence-corrected chi connectivity index (χ2v) is 5.99. The third-order valence-corrected chi connectivity index (χ3v) is 3.88. The Morgan fingerprint density at radius 3 is 2.20 bits per heavy atom. The molecule has 3 aromatic rings. The van der Waals surface area contributed by atoms with Crippen molar-refractivity contribution in [3.05, 3.63) is 71.5 Å². The van der Waals surface area contributed by atoms with Crippen LogP contribution < -0.4 is 10.6 Å². The first-order valence-electron chi connectivity index (χ1n) is 8.05. The first-order chi connectivity index (χ1) is 12.0. The van der Waals surface area contributed by atoms with Crippen LogP contribution in [0, 0.1) is 13.8 Å². The molecule has 0 amide bonds. The zero-order valence-electron chi connectivity index (χ0n) is 14.5. The van der Waals surface area contributed by atoms with Crippen molar-refractivity contribution in [3.63, 3.8) is 0 Å². The lowest BCUT2D eigenvalue weighted by molar-refractivity contribution is 0.101. The molecule has 0 saturated heterocycles. The molecule has 0 atom stereocenters. The fourth-order valence-corrected chi connectivity index (χ4v) is 2.52. The molecular weight excluding hydrogens is 312 g/mol. The monoisotopic (exact) mass is 332 g/mol. The zero-order chi connectivity index (χ0) is 17.8. The van der Waals surface area contributed by atoms with Crippen LogP contribution >= 0.6 is 0 Å². The molecule has 2 aromatic carbocycles. The summed E-state index contributed by atoms with van der Waals surface area (Å²) in [6, 6.07) is 15.4. The Bertz CT molecular complexity index is 904. The fraction of sp³-hybridized carbons (Fsp3) is 0.150. The lowest BCUT2D eigenvalue weighted by Crippen LogP contribution is -2.00. The number of Topliss-reactive ketones (excluding diaryl/α,β-unsaturated/α-hetero) is 1. The Morgan fingerprint density at radius 1 is 0.880 bits per heavy atom. The molecule has 0 fully saturated rings. The molecular formula is C20H20N4O. The van der Waals surface area contributed by atoms with E-state index in [2.05, 4.69) is 46.6 Å². The summed E-state index contributed by atoms with van der Waals surface area (Å²) < 4.78 is 0. The molecule has 25 heavy (non-hydrogen) atoms. The number of aryl methyl sites for hydroxylation is 2. The zero-order valence-corrected chi connectivity index (χ0v) is 14.5. The number of anilines is 4. The van der Waals surface area contributed by atoms with Crippen LogP contribution in [0.15, 0.2) is 54.9 Å². The SMILES string of the molecule is CC(=O)c1ccc(Nc2cc(Nc3ccc(C)cc3C)ncn2)cc1. The molecule has 0 saturated carbocycles. The van der Waals surface area contributed by atoms with Gasteiger partial charge in [0.25, 0.3) is 0 Å². The predicted octanol–water partition coefficient (Wildman–Crippen LogP) is 4.78. The van der Waals surface area contributed by atoms with Gasteiger partial charge in [0.15, 0.2) is 5.78 Å². The number of hydrogen-bond donors (Lipinski definition) is 2. The molecule has 0 unspecified atom stereocenters. The highest BCUT2D eigenvalue weighted by atomic mass is 16.1. The van der Waals surface area contributed by atoms with Crippen molar-refractivity contribution in [1.29, 1.82) is 0 Å². The normalized spacial score (nSPS) is 10.4. The fourth-order valence-electron chi connectivity index (χ4n) is 2.52. The number of nitrogens with zero attached hydrogens (tertiary/aromatic N) is 2. The van der Waals surface area contributed by atoms with Crippen molar-refractivity contribution in [2.24, 2.45) is 0 Å². The molecule has 0 aliphatic rings. The van der Waals surface area contributed by atoms with Crippen molar-refractivity contribution in [2.75, 3.05) is 10.6 Å². The van der Waals surface area contributed by atoms with Gasteiger partial charge in [-0.05, 0) is 56.7 Å². The second-order valence-electron chi connectivity index (χ2n) is 5.99. The average Bonchev–Trinajstić information content (AvgIpc) is 2.58. The Kier molecular flexibility index (Phi) is 4.75. The maximum absolute atomic E-state index is 11.3. The minimum absolute atomic E-state index is 0.0496. The molecule has 0 radical (unpaired) electrons. The van der Waals surface area contributed by atoms with Gasteiger partial charge in [0, 0.05) is 23.0 Å². The molecule has 126 valence electrons. The number of carbonyl (C=O) groups excluding carboxylic acids is 1. The van der Waals surface area contributed by atoms with Crippen LogP contribution in [-0.4, -0.2) is 15.8 Å². The van der Waals surface area contributed by atoms with Gasteiger partial charge in [-0.2, -0.15) is 0 Å². The van der Waals surface area contributed by atoms with Crippen LogP contribution in [0.1, 0.15) is 28.4 Å². The van der Waals surface area contributed by atoms with Gasteiger partial charge in [-0.1, -0.05) is 17.7 Å². The number of ketones is 1. The molecule has 5 nitrogen and oxygen atoms in total. The Morgan fingerprint density at radius 2 is 1.56 bits per heavy atom. The number of benzene rings is 2. The van der Waals surface area contributed by atoms with E-state index in [4.69, 9.17) is 0 Å². The summed E-state index contributed by atoms with van der Waals surface area (Å²) in [6.07, 6.45) is 1.51. The van der Waals surface area contributed by atoms with Gasteiger partial charge in [-0.15, -0.1) is 0 Å². The summed E-state index contributed by atoms with van der Waals surface area (Å²) in [7, 11) is 0. The third-order valence-electron chi connectivity index (χ3n) is 3.88. The quantitative estimate of drug-likeness (QED) is 0.658. The molecule has 2 N–H and O–H groups in total.